The smallest absolute Gasteiger partial charge is 0.323 e. The average Bonchev–Trinajstić information content (AvgIpc) is 2.89. The number of hydrogen-bond acceptors (Lipinski definition) is 4. The number of carboxylic acids is 1. The quantitative estimate of drug-likeness (QED) is 0.773. The van der Waals surface area contributed by atoms with Crippen molar-refractivity contribution in [2.24, 2.45) is 0 Å². The Balaban J connectivity index is 2.01. The van der Waals surface area contributed by atoms with Crippen LogP contribution < -0.4 is 4.74 Å². The zero-order valence-electron chi connectivity index (χ0n) is 16.9. The minimum atomic E-state index is -1.02. The van der Waals surface area contributed by atoms with Crippen LogP contribution in [0.15, 0.2) is 24.3 Å². The lowest BCUT2D eigenvalue weighted by molar-refractivity contribution is -0.145. The first kappa shape index (κ1) is 21.7. The molecular weight excluding hydrogens is 360 g/mol. The molecule has 2 unspecified atom stereocenters. The minimum Gasteiger partial charge on any atom is -0.481 e. The number of carboxylic acid groups (broad SMARTS) is 1. The van der Waals surface area contributed by atoms with Gasteiger partial charge in [-0.05, 0) is 50.3 Å². The standard InChI is InChI=1S/C21H30N2O5/c1-4-19(28-18-9-5-7-15(2)13-18)21(27)22-11-6-8-17(10-12-22)23(16(3)24)14-20(25)26/h5,7,9,13,17,19H,4,6,8,10-12,14H2,1-3H3,(H,25,26). The highest BCUT2D eigenvalue weighted by atomic mass is 16.5. The summed E-state index contributed by atoms with van der Waals surface area (Å²) in [5.74, 6) is -0.652. The van der Waals surface area contributed by atoms with E-state index in [1.807, 2.05) is 38.1 Å². The van der Waals surface area contributed by atoms with Crippen LogP contribution in [0.25, 0.3) is 0 Å². The van der Waals surface area contributed by atoms with Gasteiger partial charge in [-0.3, -0.25) is 14.4 Å². The molecule has 1 fully saturated rings. The second-order valence-electron chi connectivity index (χ2n) is 7.28. The number of rotatable bonds is 7. The molecule has 1 aliphatic heterocycles. The zero-order valence-corrected chi connectivity index (χ0v) is 16.9. The third-order valence-electron chi connectivity index (χ3n) is 5.07. The molecule has 1 heterocycles. The van der Waals surface area contributed by atoms with Gasteiger partial charge in [0.15, 0.2) is 6.10 Å². The Bertz CT molecular complexity index is 706. The van der Waals surface area contributed by atoms with E-state index in [9.17, 15) is 14.4 Å². The van der Waals surface area contributed by atoms with Crippen molar-refractivity contribution in [1.29, 1.82) is 0 Å². The predicted octanol–water partition coefficient (Wildman–Crippen LogP) is 2.47. The van der Waals surface area contributed by atoms with Gasteiger partial charge in [-0.15, -0.1) is 0 Å². The summed E-state index contributed by atoms with van der Waals surface area (Å²) in [5, 5.41) is 9.06. The molecule has 1 aromatic rings. The number of likely N-dealkylation sites (tertiary alicyclic amines) is 1. The Morgan fingerprint density at radius 3 is 2.64 bits per heavy atom. The highest BCUT2D eigenvalue weighted by Crippen LogP contribution is 2.20. The summed E-state index contributed by atoms with van der Waals surface area (Å²) in [4.78, 5) is 39.1. The maximum Gasteiger partial charge on any atom is 0.323 e. The molecule has 2 atom stereocenters. The second kappa shape index (κ2) is 10.1. The van der Waals surface area contributed by atoms with Crippen molar-refractivity contribution in [2.45, 2.75) is 58.6 Å². The number of nitrogens with zero attached hydrogens (tertiary/aromatic N) is 2. The number of ether oxygens (including phenoxy) is 1. The maximum absolute atomic E-state index is 13.0. The summed E-state index contributed by atoms with van der Waals surface area (Å²) in [6.45, 7) is 6.05. The molecule has 28 heavy (non-hydrogen) atoms. The molecule has 1 N–H and O–H groups in total. The van der Waals surface area contributed by atoms with E-state index < -0.39 is 12.1 Å². The lowest BCUT2D eigenvalue weighted by Crippen LogP contribution is -2.44. The summed E-state index contributed by atoms with van der Waals surface area (Å²) in [6, 6.07) is 7.46. The van der Waals surface area contributed by atoms with E-state index in [-0.39, 0.29) is 24.4 Å². The molecule has 2 rings (SSSR count). The normalized spacial score (nSPS) is 18.1. The van der Waals surface area contributed by atoms with Gasteiger partial charge in [0.1, 0.15) is 12.3 Å². The lowest BCUT2D eigenvalue weighted by atomic mass is 10.1. The van der Waals surface area contributed by atoms with Crippen molar-refractivity contribution in [2.75, 3.05) is 19.6 Å². The minimum absolute atomic E-state index is 0.0581. The van der Waals surface area contributed by atoms with E-state index in [1.54, 1.807) is 4.90 Å². The summed E-state index contributed by atoms with van der Waals surface area (Å²) < 4.78 is 5.93. The Kier molecular flexibility index (Phi) is 7.84. The van der Waals surface area contributed by atoms with Crippen LogP contribution in [-0.4, -0.2) is 64.5 Å². The van der Waals surface area contributed by atoms with E-state index in [0.29, 0.717) is 38.1 Å². The summed E-state index contributed by atoms with van der Waals surface area (Å²) in [5.41, 5.74) is 1.07. The number of hydrogen-bond donors (Lipinski definition) is 1. The van der Waals surface area contributed by atoms with Crippen LogP contribution in [0.5, 0.6) is 5.75 Å². The molecule has 1 saturated heterocycles. The van der Waals surface area contributed by atoms with E-state index in [1.165, 1.54) is 11.8 Å². The maximum atomic E-state index is 13.0. The van der Waals surface area contributed by atoms with E-state index in [0.717, 1.165) is 12.0 Å². The third-order valence-corrected chi connectivity index (χ3v) is 5.07. The molecule has 0 bridgehead atoms. The molecule has 154 valence electrons. The number of carbonyl (C=O) groups excluding carboxylic acids is 2. The SMILES string of the molecule is CCC(Oc1cccc(C)c1)C(=O)N1CCCC(N(CC(=O)O)C(C)=O)CC1. The molecule has 0 aromatic heterocycles. The van der Waals surface area contributed by atoms with Gasteiger partial charge < -0.3 is 19.6 Å². The molecule has 0 spiro atoms. The second-order valence-corrected chi connectivity index (χ2v) is 7.28. The highest BCUT2D eigenvalue weighted by Gasteiger charge is 2.30. The number of carbonyl (C=O) groups is 3. The van der Waals surface area contributed by atoms with Crippen molar-refractivity contribution in [1.82, 2.24) is 9.80 Å². The third kappa shape index (κ3) is 5.97. The molecule has 0 radical (unpaired) electrons. The van der Waals surface area contributed by atoms with Crippen molar-refractivity contribution < 1.29 is 24.2 Å². The van der Waals surface area contributed by atoms with Gasteiger partial charge in [-0.2, -0.15) is 0 Å². The van der Waals surface area contributed by atoms with Crippen LogP contribution >= 0.6 is 0 Å². The van der Waals surface area contributed by atoms with Crippen molar-refractivity contribution >= 4 is 17.8 Å². The van der Waals surface area contributed by atoms with Gasteiger partial charge in [0.2, 0.25) is 5.91 Å². The van der Waals surface area contributed by atoms with Crippen LogP contribution in [0.3, 0.4) is 0 Å². The lowest BCUT2D eigenvalue weighted by Gasteiger charge is -2.29. The van der Waals surface area contributed by atoms with E-state index in [4.69, 9.17) is 9.84 Å². The van der Waals surface area contributed by atoms with Crippen LogP contribution in [0.4, 0.5) is 0 Å². The molecular formula is C21H30N2O5. The Morgan fingerprint density at radius 1 is 1.29 bits per heavy atom. The van der Waals surface area contributed by atoms with Gasteiger partial charge in [0.25, 0.3) is 5.91 Å². The molecule has 1 aliphatic rings. The Labute approximate surface area is 166 Å². The first-order valence-electron chi connectivity index (χ1n) is 9.83. The van der Waals surface area contributed by atoms with Gasteiger partial charge in [-0.1, -0.05) is 19.1 Å². The number of aryl methyl sites for hydroxylation is 1. The predicted molar refractivity (Wildman–Crippen MR) is 105 cm³/mol. The summed E-state index contributed by atoms with van der Waals surface area (Å²) in [7, 11) is 0. The Hall–Kier alpha value is -2.57. The fourth-order valence-electron chi connectivity index (χ4n) is 3.62. The molecule has 7 nitrogen and oxygen atoms in total. The highest BCUT2D eigenvalue weighted by molar-refractivity contribution is 5.81. The van der Waals surface area contributed by atoms with Gasteiger partial charge in [0.05, 0.1) is 0 Å². The molecule has 0 saturated carbocycles. The molecule has 7 heteroatoms. The van der Waals surface area contributed by atoms with Crippen molar-refractivity contribution in [3.05, 3.63) is 29.8 Å². The number of amides is 2. The van der Waals surface area contributed by atoms with Crippen molar-refractivity contribution in [3.8, 4) is 5.75 Å². The zero-order chi connectivity index (χ0) is 20.7. The monoisotopic (exact) mass is 390 g/mol. The first-order valence-corrected chi connectivity index (χ1v) is 9.83. The average molecular weight is 390 g/mol. The van der Waals surface area contributed by atoms with Crippen LogP contribution in [-0.2, 0) is 14.4 Å². The fraction of sp³-hybridized carbons (Fsp3) is 0.571. The van der Waals surface area contributed by atoms with Gasteiger partial charge >= 0.3 is 5.97 Å². The van der Waals surface area contributed by atoms with Crippen molar-refractivity contribution in [3.63, 3.8) is 0 Å². The molecule has 0 aliphatic carbocycles. The summed E-state index contributed by atoms with van der Waals surface area (Å²) in [6.07, 6.45) is 1.98. The number of aliphatic carboxylic acids is 1. The summed E-state index contributed by atoms with van der Waals surface area (Å²) >= 11 is 0. The fourth-order valence-corrected chi connectivity index (χ4v) is 3.62. The van der Waals surface area contributed by atoms with E-state index in [2.05, 4.69) is 0 Å². The van der Waals surface area contributed by atoms with Gasteiger partial charge in [-0.25, -0.2) is 0 Å². The first-order chi connectivity index (χ1) is 13.3. The largest absolute Gasteiger partial charge is 0.481 e. The number of benzene rings is 1. The molecule has 2 amide bonds. The van der Waals surface area contributed by atoms with Gasteiger partial charge in [0, 0.05) is 26.1 Å². The molecule has 1 aromatic carbocycles. The van der Waals surface area contributed by atoms with Crippen LogP contribution in [0, 0.1) is 6.92 Å². The van der Waals surface area contributed by atoms with E-state index >= 15 is 0 Å². The van der Waals surface area contributed by atoms with Crippen LogP contribution in [0.1, 0.15) is 45.1 Å². The van der Waals surface area contributed by atoms with Crippen LogP contribution in [0.2, 0.25) is 0 Å². The Morgan fingerprint density at radius 2 is 2.04 bits per heavy atom. The topological polar surface area (TPSA) is 87.2 Å².